The fourth-order valence-corrected chi connectivity index (χ4v) is 1.92. The van der Waals surface area contributed by atoms with Crippen LogP contribution in [-0.2, 0) is 13.5 Å². The van der Waals surface area contributed by atoms with Crippen molar-refractivity contribution in [3.8, 4) is 0 Å². The number of aryl methyl sites for hydroxylation is 2. The summed E-state index contributed by atoms with van der Waals surface area (Å²) in [6.45, 7) is 2.22. The van der Waals surface area contributed by atoms with Gasteiger partial charge in [0.1, 0.15) is 0 Å². The van der Waals surface area contributed by atoms with Gasteiger partial charge in [-0.3, -0.25) is 16.0 Å². The van der Waals surface area contributed by atoms with Crippen LogP contribution in [0.25, 0.3) is 0 Å². The minimum Gasteiger partial charge on any atom is -0.273 e. The molecule has 0 spiro atoms. The Morgan fingerprint density at radius 1 is 1.44 bits per heavy atom. The van der Waals surface area contributed by atoms with Crippen molar-refractivity contribution in [1.82, 2.24) is 15.2 Å². The van der Waals surface area contributed by atoms with Gasteiger partial charge in [0, 0.05) is 25.0 Å². The fraction of sp³-hybridized carbons (Fsp3) is 0.750. The van der Waals surface area contributed by atoms with Gasteiger partial charge in [0.2, 0.25) is 0 Å². The lowest BCUT2D eigenvalue weighted by Crippen LogP contribution is -2.35. The van der Waals surface area contributed by atoms with E-state index < -0.39 is 0 Å². The van der Waals surface area contributed by atoms with E-state index in [1.807, 2.05) is 17.9 Å². The summed E-state index contributed by atoms with van der Waals surface area (Å²) in [5, 5.41) is 4.16. The van der Waals surface area contributed by atoms with Crippen LogP contribution in [0.1, 0.15) is 44.7 Å². The van der Waals surface area contributed by atoms with Crippen LogP contribution in [0.5, 0.6) is 0 Å². The maximum absolute atomic E-state index is 5.56. The number of hydrogen-bond donors (Lipinski definition) is 2. The zero-order valence-electron chi connectivity index (χ0n) is 10.4. The molecule has 0 saturated heterocycles. The summed E-state index contributed by atoms with van der Waals surface area (Å²) < 4.78 is 1.93. The van der Waals surface area contributed by atoms with Crippen LogP contribution >= 0.6 is 0 Å². The fourth-order valence-electron chi connectivity index (χ4n) is 1.92. The minimum absolute atomic E-state index is 0.432. The van der Waals surface area contributed by atoms with Gasteiger partial charge in [-0.25, -0.2) is 0 Å². The van der Waals surface area contributed by atoms with Gasteiger partial charge in [-0.2, -0.15) is 5.10 Å². The summed E-state index contributed by atoms with van der Waals surface area (Å²) in [4.78, 5) is 0. The summed E-state index contributed by atoms with van der Waals surface area (Å²) in [5.41, 5.74) is 4.19. The van der Waals surface area contributed by atoms with Gasteiger partial charge in [0.15, 0.2) is 0 Å². The highest BCUT2D eigenvalue weighted by Crippen LogP contribution is 2.09. The molecule has 0 aliphatic carbocycles. The number of nitrogens with zero attached hydrogens (tertiary/aromatic N) is 2. The number of hydrazine groups is 1. The Kier molecular flexibility index (Phi) is 6.11. The minimum atomic E-state index is 0.432. The number of nitrogens with one attached hydrogen (secondary N) is 1. The van der Waals surface area contributed by atoms with E-state index in [4.69, 9.17) is 5.84 Å². The van der Waals surface area contributed by atoms with Gasteiger partial charge in [-0.15, -0.1) is 0 Å². The van der Waals surface area contributed by atoms with Crippen LogP contribution in [-0.4, -0.2) is 15.8 Å². The Balaban J connectivity index is 2.26. The first kappa shape index (κ1) is 13.2. The summed E-state index contributed by atoms with van der Waals surface area (Å²) in [6.07, 6.45) is 8.95. The molecule has 1 atom stereocenters. The molecule has 92 valence electrons. The standard InChI is InChI=1S/C12H24N4/c1-3-4-5-6-11(15-13)7-8-12-9-10-14-16(12)2/h9-11,15H,3-8,13H2,1-2H3. The summed E-state index contributed by atoms with van der Waals surface area (Å²) in [6, 6.07) is 2.50. The summed E-state index contributed by atoms with van der Waals surface area (Å²) in [7, 11) is 1.98. The zero-order chi connectivity index (χ0) is 11.8. The Hall–Kier alpha value is -0.870. The first-order valence-corrected chi connectivity index (χ1v) is 6.21. The van der Waals surface area contributed by atoms with E-state index in [2.05, 4.69) is 23.5 Å². The van der Waals surface area contributed by atoms with E-state index in [0.29, 0.717) is 6.04 Å². The molecule has 1 rings (SSSR count). The molecule has 0 saturated carbocycles. The molecule has 1 unspecified atom stereocenters. The molecule has 0 aromatic carbocycles. The Morgan fingerprint density at radius 3 is 2.81 bits per heavy atom. The molecule has 0 aliphatic rings. The molecule has 16 heavy (non-hydrogen) atoms. The number of hydrogen-bond acceptors (Lipinski definition) is 3. The van der Waals surface area contributed by atoms with Gasteiger partial charge >= 0.3 is 0 Å². The van der Waals surface area contributed by atoms with Gasteiger partial charge in [-0.05, 0) is 25.3 Å². The van der Waals surface area contributed by atoms with Crippen molar-refractivity contribution in [2.24, 2.45) is 12.9 Å². The molecular formula is C12H24N4. The van der Waals surface area contributed by atoms with Crippen LogP contribution in [0.4, 0.5) is 0 Å². The highest BCUT2D eigenvalue weighted by atomic mass is 15.3. The van der Waals surface area contributed by atoms with Gasteiger partial charge in [-0.1, -0.05) is 26.2 Å². The van der Waals surface area contributed by atoms with E-state index in [9.17, 15) is 0 Å². The maximum atomic E-state index is 5.56. The second kappa shape index (κ2) is 7.41. The van der Waals surface area contributed by atoms with Crippen molar-refractivity contribution in [3.63, 3.8) is 0 Å². The Labute approximate surface area is 98.2 Å². The molecule has 0 amide bonds. The van der Waals surface area contributed by atoms with Crippen LogP contribution in [0, 0.1) is 0 Å². The molecule has 1 heterocycles. The lowest BCUT2D eigenvalue weighted by molar-refractivity contribution is 0.439. The van der Waals surface area contributed by atoms with Crippen molar-refractivity contribution in [2.75, 3.05) is 0 Å². The largest absolute Gasteiger partial charge is 0.273 e. The lowest BCUT2D eigenvalue weighted by atomic mass is 10.0. The van der Waals surface area contributed by atoms with Crippen molar-refractivity contribution in [3.05, 3.63) is 18.0 Å². The van der Waals surface area contributed by atoms with Crippen LogP contribution in [0.3, 0.4) is 0 Å². The first-order valence-electron chi connectivity index (χ1n) is 6.21. The van der Waals surface area contributed by atoms with E-state index in [0.717, 1.165) is 12.8 Å². The predicted molar refractivity (Wildman–Crippen MR) is 66.8 cm³/mol. The Bertz CT molecular complexity index is 282. The third-order valence-corrected chi connectivity index (χ3v) is 3.06. The molecule has 0 fully saturated rings. The first-order chi connectivity index (χ1) is 7.77. The smallest absolute Gasteiger partial charge is 0.0492 e. The van der Waals surface area contributed by atoms with E-state index >= 15 is 0 Å². The summed E-state index contributed by atoms with van der Waals surface area (Å²) >= 11 is 0. The number of aromatic nitrogens is 2. The monoisotopic (exact) mass is 224 g/mol. The second-order valence-electron chi connectivity index (χ2n) is 4.34. The second-order valence-corrected chi connectivity index (χ2v) is 4.34. The molecule has 1 aromatic rings. The molecule has 4 heteroatoms. The van der Waals surface area contributed by atoms with Crippen LogP contribution in [0.2, 0.25) is 0 Å². The van der Waals surface area contributed by atoms with E-state index in [-0.39, 0.29) is 0 Å². The third-order valence-electron chi connectivity index (χ3n) is 3.06. The molecule has 0 aliphatic heterocycles. The molecular weight excluding hydrogens is 200 g/mol. The average molecular weight is 224 g/mol. The predicted octanol–water partition coefficient (Wildman–Crippen LogP) is 1.76. The highest BCUT2D eigenvalue weighted by Gasteiger charge is 2.07. The average Bonchev–Trinajstić information content (AvgIpc) is 2.69. The van der Waals surface area contributed by atoms with Crippen molar-refractivity contribution in [2.45, 2.75) is 51.5 Å². The highest BCUT2D eigenvalue weighted by molar-refractivity contribution is 5.00. The van der Waals surface area contributed by atoms with Crippen LogP contribution in [0.15, 0.2) is 12.3 Å². The number of unbranched alkanes of at least 4 members (excludes halogenated alkanes) is 2. The van der Waals surface area contributed by atoms with Gasteiger partial charge in [0.25, 0.3) is 0 Å². The SMILES string of the molecule is CCCCCC(CCc1ccnn1C)NN. The topological polar surface area (TPSA) is 55.9 Å². The van der Waals surface area contributed by atoms with Crippen molar-refractivity contribution < 1.29 is 0 Å². The van der Waals surface area contributed by atoms with Crippen molar-refractivity contribution >= 4 is 0 Å². The maximum Gasteiger partial charge on any atom is 0.0492 e. The molecule has 0 radical (unpaired) electrons. The molecule has 1 aromatic heterocycles. The number of nitrogens with two attached hydrogens (primary N) is 1. The molecule has 4 nitrogen and oxygen atoms in total. The lowest BCUT2D eigenvalue weighted by Gasteiger charge is -2.15. The zero-order valence-corrected chi connectivity index (χ0v) is 10.4. The number of rotatable bonds is 8. The van der Waals surface area contributed by atoms with Crippen LogP contribution < -0.4 is 11.3 Å². The van der Waals surface area contributed by atoms with Gasteiger partial charge in [0.05, 0.1) is 0 Å². The van der Waals surface area contributed by atoms with Gasteiger partial charge < -0.3 is 0 Å². The molecule has 0 bridgehead atoms. The van der Waals surface area contributed by atoms with Crippen molar-refractivity contribution in [1.29, 1.82) is 0 Å². The normalized spacial score (nSPS) is 12.9. The van der Waals surface area contributed by atoms with E-state index in [1.54, 1.807) is 0 Å². The summed E-state index contributed by atoms with van der Waals surface area (Å²) in [5.74, 6) is 5.56. The third kappa shape index (κ3) is 4.33. The Morgan fingerprint density at radius 2 is 2.25 bits per heavy atom. The van der Waals surface area contributed by atoms with E-state index in [1.165, 1.54) is 31.4 Å². The quantitative estimate of drug-likeness (QED) is 0.402. The molecule has 3 N–H and O–H groups in total.